The average molecular weight is 339 g/mol. The van der Waals surface area contributed by atoms with Crippen molar-refractivity contribution < 1.29 is 31.4 Å². The van der Waals surface area contributed by atoms with E-state index in [0.29, 0.717) is 25.7 Å². The highest BCUT2D eigenvalue weighted by atomic mass is 32.2. The lowest BCUT2D eigenvalue weighted by atomic mass is 9.94. The van der Waals surface area contributed by atoms with Crippen molar-refractivity contribution in [1.82, 2.24) is 4.72 Å². The van der Waals surface area contributed by atoms with Crippen LogP contribution in [0.15, 0.2) is 29.2 Å². The molecule has 2 rings (SSSR count). The first-order valence-electron chi connectivity index (χ1n) is 6.72. The van der Waals surface area contributed by atoms with Gasteiger partial charge in [-0.05, 0) is 37.8 Å². The van der Waals surface area contributed by atoms with Gasteiger partial charge in [-0.3, -0.25) is 0 Å². The number of halogens is 3. The van der Waals surface area contributed by atoms with Crippen LogP contribution in [-0.4, -0.2) is 32.0 Å². The first-order valence-corrected chi connectivity index (χ1v) is 8.21. The molecule has 0 unspecified atom stereocenters. The van der Waals surface area contributed by atoms with Gasteiger partial charge in [0.2, 0.25) is 10.0 Å². The maximum atomic E-state index is 12.3. The molecule has 1 aromatic carbocycles. The Hall–Kier alpha value is -1.32. The van der Waals surface area contributed by atoms with Gasteiger partial charge in [0.1, 0.15) is 10.6 Å². The van der Waals surface area contributed by atoms with E-state index < -0.39 is 39.2 Å². The largest absolute Gasteiger partial charge is 0.573 e. The van der Waals surface area contributed by atoms with Crippen LogP contribution in [0.5, 0.6) is 5.75 Å². The van der Waals surface area contributed by atoms with Gasteiger partial charge in [0.05, 0.1) is 6.10 Å². The molecule has 1 fully saturated rings. The second kappa shape index (κ2) is 6.43. The van der Waals surface area contributed by atoms with Gasteiger partial charge in [0, 0.05) is 6.04 Å². The standard InChI is InChI=1S/C13H16F3NO4S/c14-13(15,16)21-11-3-1-2-4-12(11)22(19,20)17-9-5-7-10(18)8-6-9/h1-4,9-10,17-18H,5-8H2/t9-,10-. The summed E-state index contributed by atoms with van der Waals surface area (Å²) in [4.78, 5) is -0.557. The zero-order valence-electron chi connectivity index (χ0n) is 11.5. The summed E-state index contributed by atoms with van der Waals surface area (Å²) in [5, 5.41) is 9.39. The molecule has 0 atom stereocenters. The molecule has 124 valence electrons. The number of hydrogen-bond donors (Lipinski definition) is 2. The Bertz CT molecular complexity index is 610. The summed E-state index contributed by atoms with van der Waals surface area (Å²) in [5.74, 6) is -0.765. The van der Waals surface area contributed by atoms with Crippen molar-refractivity contribution in [3.8, 4) is 5.75 Å². The third-order valence-corrected chi connectivity index (χ3v) is 4.94. The number of ether oxygens (including phenoxy) is 1. The molecule has 0 aromatic heterocycles. The molecule has 1 aliphatic rings. The summed E-state index contributed by atoms with van der Waals surface area (Å²) in [6.07, 6.45) is -3.66. The van der Waals surface area contributed by atoms with E-state index in [0.717, 1.165) is 12.1 Å². The first-order chi connectivity index (χ1) is 10.2. The van der Waals surface area contributed by atoms with Gasteiger partial charge >= 0.3 is 6.36 Å². The molecule has 22 heavy (non-hydrogen) atoms. The molecule has 0 amide bonds. The summed E-state index contributed by atoms with van der Waals surface area (Å²) < 4.78 is 67.7. The minimum Gasteiger partial charge on any atom is -0.404 e. The molecule has 9 heteroatoms. The Labute approximate surface area is 126 Å². The zero-order chi connectivity index (χ0) is 16.4. The molecule has 0 radical (unpaired) electrons. The van der Waals surface area contributed by atoms with Gasteiger partial charge in [-0.2, -0.15) is 0 Å². The van der Waals surface area contributed by atoms with Crippen LogP contribution < -0.4 is 9.46 Å². The van der Waals surface area contributed by atoms with Crippen molar-refractivity contribution >= 4 is 10.0 Å². The van der Waals surface area contributed by atoms with E-state index in [-0.39, 0.29) is 0 Å². The van der Waals surface area contributed by atoms with Gasteiger partial charge < -0.3 is 9.84 Å². The average Bonchev–Trinajstić information content (AvgIpc) is 2.40. The van der Waals surface area contributed by atoms with Gasteiger partial charge in [0.25, 0.3) is 0 Å². The number of benzene rings is 1. The Morgan fingerprint density at radius 2 is 1.73 bits per heavy atom. The van der Waals surface area contributed by atoms with Crippen LogP contribution in [0.2, 0.25) is 0 Å². The van der Waals surface area contributed by atoms with Crippen molar-refractivity contribution in [2.45, 2.75) is 49.1 Å². The summed E-state index contributed by atoms with van der Waals surface area (Å²) in [7, 11) is -4.14. The fraction of sp³-hybridized carbons (Fsp3) is 0.538. The molecule has 1 aliphatic carbocycles. The molecule has 1 saturated carbocycles. The molecule has 0 heterocycles. The monoisotopic (exact) mass is 339 g/mol. The molecule has 5 nitrogen and oxygen atoms in total. The molecule has 0 aliphatic heterocycles. The van der Waals surface area contributed by atoms with Crippen LogP contribution in [0.4, 0.5) is 13.2 Å². The molecule has 0 spiro atoms. The lowest BCUT2D eigenvalue weighted by Gasteiger charge is -2.26. The number of hydrogen-bond acceptors (Lipinski definition) is 4. The molecule has 1 aromatic rings. The number of sulfonamides is 1. The fourth-order valence-corrected chi connectivity index (χ4v) is 3.79. The third kappa shape index (κ3) is 4.59. The number of aliphatic hydroxyl groups excluding tert-OH is 1. The van der Waals surface area contributed by atoms with Crippen LogP contribution in [0, 0.1) is 0 Å². The van der Waals surface area contributed by atoms with Crippen molar-refractivity contribution in [3.63, 3.8) is 0 Å². The maximum Gasteiger partial charge on any atom is 0.573 e. The Morgan fingerprint density at radius 3 is 2.32 bits per heavy atom. The van der Waals surface area contributed by atoms with E-state index in [4.69, 9.17) is 0 Å². The van der Waals surface area contributed by atoms with Crippen LogP contribution in [0.25, 0.3) is 0 Å². The van der Waals surface area contributed by atoms with Gasteiger partial charge in [-0.15, -0.1) is 13.2 Å². The summed E-state index contributed by atoms with van der Waals surface area (Å²) in [6, 6.07) is 4.18. The van der Waals surface area contributed by atoms with Crippen LogP contribution >= 0.6 is 0 Å². The summed E-state index contributed by atoms with van der Waals surface area (Å²) >= 11 is 0. The van der Waals surface area contributed by atoms with E-state index in [1.54, 1.807) is 0 Å². The van der Waals surface area contributed by atoms with E-state index in [1.165, 1.54) is 12.1 Å². The van der Waals surface area contributed by atoms with E-state index in [1.807, 2.05) is 0 Å². The van der Waals surface area contributed by atoms with Crippen molar-refractivity contribution in [2.24, 2.45) is 0 Å². The number of alkyl halides is 3. The highest BCUT2D eigenvalue weighted by Crippen LogP contribution is 2.30. The Balaban J connectivity index is 2.19. The van der Waals surface area contributed by atoms with Crippen molar-refractivity contribution in [1.29, 1.82) is 0 Å². The lowest BCUT2D eigenvalue weighted by molar-refractivity contribution is -0.275. The summed E-state index contributed by atoms with van der Waals surface area (Å²) in [6.45, 7) is 0. The third-order valence-electron chi connectivity index (χ3n) is 3.38. The predicted molar refractivity (Wildman–Crippen MR) is 71.7 cm³/mol. The SMILES string of the molecule is O=S(=O)(N[C@H]1CC[C@H](O)CC1)c1ccccc1OC(F)(F)F. The maximum absolute atomic E-state index is 12.3. The van der Waals surface area contributed by atoms with Crippen LogP contribution in [0.3, 0.4) is 0 Å². The van der Waals surface area contributed by atoms with Gasteiger partial charge in [-0.25, -0.2) is 13.1 Å². The van der Waals surface area contributed by atoms with Crippen LogP contribution in [0.1, 0.15) is 25.7 Å². The second-order valence-corrected chi connectivity index (χ2v) is 6.80. The number of rotatable bonds is 4. The highest BCUT2D eigenvalue weighted by Gasteiger charge is 2.34. The van der Waals surface area contributed by atoms with E-state index in [2.05, 4.69) is 9.46 Å². The quantitative estimate of drug-likeness (QED) is 0.881. The highest BCUT2D eigenvalue weighted by molar-refractivity contribution is 7.89. The minimum atomic E-state index is -4.97. The smallest absolute Gasteiger partial charge is 0.404 e. The first kappa shape index (κ1) is 17.0. The lowest BCUT2D eigenvalue weighted by Crippen LogP contribution is -2.38. The molecule has 0 saturated heterocycles. The zero-order valence-corrected chi connectivity index (χ0v) is 12.3. The van der Waals surface area contributed by atoms with E-state index in [9.17, 15) is 26.7 Å². The molecule has 0 bridgehead atoms. The minimum absolute atomic E-state index is 0.410. The topological polar surface area (TPSA) is 75.6 Å². The summed E-state index contributed by atoms with van der Waals surface area (Å²) in [5.41, 5.74) is 0. The molecular formula is C13H16F3NO4S. The van der Waals surface area contributed by atoms with Crippen LogP contribution in [-0.2, 0) is 10.0 Å². The molecule has 2 N–H and O–H groups in total. The fourth-order valence-electron chi connectivity index (χ4n) is 2.36. The Kier molecular flexibility index (Phi) is 4.98. The molecular weight excluding hydrogens is 323 g/mol. The number of aliphatic hydroxyl groups is 1. The normalized spacial score (nSPS) is 23.3. The van der Waals surface area contributed by atoms with Gasteiger partial charge in [-0.1, -0.05) is 12.1 Å². The van der Waals surface area contributed by atoms with Crippen molar-refractivity contribution in [3.05, 3.63) is 24.3 Å². The number of para-hydroxylation sites is 1. The van der Waals surface area contributed by atoms with E-state index >= 15 is 0 Å². The van der Waals surface area contributed by atoms with Crippen molar-refractivity contribution in [2.75, 3.05) is 0 Å². The van der Waals surface area contributed by atoms with Gasteiger partial charge in [0.15, 0.2) is 0 Å². The Morgan fingerprint density at radius 1 is 1.14 bits per heavy atom. The number of nitrogens with one attached hydrogen (secondary N) is 1. The second-order valence-electron chi connectivity index (χ2n) is 5.12. The predicted octanol–water partition coefficient (Wildman–Crippen LogP) is 2.17.